The predicted molar refractivity (Wildman–Crippen MR) is 54.8 cm³/mol. The summed E-state index contributed by atoms with van der Waals surface area (Å²) in [6, 6.07) is 2.64. The second kappa shape index (κ2) is 2.91. The summed E-state index contributed by atoms with van der Waals surface area (Å²) in [7, 11) is 2.08. The fraction of sp³-hybridized carbons (Fsp3) is 0.500. The summed E-state index contributed by atoms with van der Waals surface area (Å²) in [4.78, 5) is 6.55. The predicted octanol–water partition coefficient (Wildman–Crippen LogP) is 1.57. The van der Waals surface area contributed by atoms with Gasteiger partial charge >= 0.3 is 0 Å². The number of hydrogen-bond acceptors (Lipinski definition) is 3. The van der Waals surface area contributed by atoms with Crippen LogP contribution in [0.2, 0.25) is 0 Å². The number of nitrogens with zero attached hydrogens (tertiary/aromatic N) is 2. The van der Waals surface area contributed by atoms with Gasteiger partial charge in [0.05, 0.1) is 0 Å². The summed E-state index contributed by atoms with van der Waals surface area (Å²) in [6.45, 7) is 1.98. The van der Waals surface area contributed by atoms with E-state index in [-0.39, 0.29) is 0 Å². The van der Waals surface area contributed by atoms with Gasteiger partial charge in [0.25, 0.3) is 0 Å². The van der Waals surface area contributed by atoms with Gasteiger partial charge in [-0.15, -0.1) is 0 Å². The molecule has 0 aliphatic heterocycles. The van der Waals surface area contributed by atoms with Crippen LogP contribution in [0.4, 0.5) is 11.5 Å². The van der Waals surface area contributed by atoms with Gasteiger partial charge in [-0.3, -0.25) is 0 Å². The van der Waals surface area contributed by atoms with E-state index in [0.29, 0.717) is 6.04 Å². The minimum Gasteiger partial charge on any atom is -0.398 e. The first-order chi connectivity index (χ1) is 6.18. The molecule has 1 saturated carbocycles. The Morgan fingerprint density at radius 3 is 2.77 bits per heavy atom. The molecule has 0 aromatic carbocycles. The maximum Gasteiger partial charge on any atom is 0.130 e. The highest BCUT2D eigenvalue weighted by Crippen LogP contribution is 2.29. The number of nitrogen functional groups attached to an aromatic ring is 1. The Morgan fingerprint density at radius 1 is 1.54 bits per heavy atom. The first-order valence-electron chi connectivity index (χ1n) is 4.63. The van der Waals surface area contributed by atoms with Gasteiger partial charge in [-0.2, -0.15) is 0 Å². The summed E-state index contributed by atoms with van der Waals surface area (Å²) < 4.78 is 0. The Hall–Kier alpha value is -1.25. The van der Waals surface area contributed by atoms with Gasteiger partial charge in [-0.25, -0.2) is 4.98 Å². The van der Waals surface area contributed by atoms with Crippen molar-refractivity contribution in [3.63, 3.8) is 0 Å². The van der Waals surface area contributed by atoms with Gasteiger partial charge in [0.1, 0.15) is 5.82 Å². The third-order valence-electron chi connectivity index (χ3n) is 2.59. The SMILES string of the molecule is Cc1cnc(N(C)C2CC2)cc1N. The molecular formula is C10H15N3. The molecule has 0 atom stereocenters. The van der Waals surface area contributed by atoms with Crippen molar-refractivity contribution in [2.75, 3.05) is 17.7 Å². The van der Waals surface area contributed by atoms with E-state index in [1.165, 1.54) is 12.8 Å². The molecular weight excluding hydrogens is 162 g/mol. The molecule has 0 unspecified atom stereocenters. The van der Waals surface area contributed by atoms with Gasteiger partial charge < -0.3 is 10.6 Å². The van der Waals surface area contributed by atoms with Gasteiger partial charge in [0, 0.05) is 31.0 Å². The van der Waals surface area contributed by atoms with Crippen LogP contribution in [0, 0.1) is 6.92 Å². The second-order valence-electron chi connectivity index (χ2n) is 3.74. The summed E-state index contributed by atoms with van der Waals surface area (Å²) in [5.74, 6) is 0.991. The lowest BCUT2D eigenvalue weighted by Gasteiger charge is -2.17. The molecule has 1 aliphatic rings. The smallest absolute Gasteiger partial charge is 0.130 e. The summed E-state index contributed by atoms with van der Waals surface area (Å²) in [5.41, 5.74) is 7.69. The number of hydrogen-bond donors (Lipinski definition) is 1. The molecule has 2 N–H and O–H groups in total. The van der Waals surface area contributed by atoms with Crippen LogP contribution in [0.15, 0.2) is 12.3 Å². The molecule has 1 aromatic rings. The monoisotopic (exact) mass is 177 g/mol. The lowest BCUT2D eigenvalue weighted by atomic mass is 10.2. The number of pyridine rings is 1. The molecule has 0 amide bonds. The van der Waals surface area contributed by atoms with E-state index in [2.05, 4.69) is 16.9 Å². The summed E-state index contributed by atoms with van der Waals surface area (Å²) in [6.07, 6.45) is 4.40. The Kier molecular flexibility index (Phi) is 1.87. The maximum absolute atomic E-state index is 5.81. The first-order valence-corrected chi connectivity index (χ1v) is 4.63. The van der Waals surface area contributed by atoms with Crippen LogP contribution in [0.3, 0.4) is 0 Å². The molecule has 0 radical (unpaired) electrons. The maximum atomic E-state index is 5.81. The largest absolute Gasteiger partial charge is 0.398 e. The molecule has 3 nitrogen and oxygen atoms in total. The highest BCUT2D eigenvalue weighted by atomic mass is 15.2. The fourth-order valence-electron chi connectivity index (χ4n) is 1.37. The van der Waals surface area contributed by atoms with Gasteiger partial charge in [-0.1, -0.05) is 0 Å². The second-order valence-corrected chi connectivity index (χ2v) is 3.74. The van der Waals surface area contributed by atoms with Crippen LogP contribution in [-0.4, -0.2) is 18.1 Å². The van der Waals surface area contributed by atoms with Crippen molar-refractivity contribution in [3.8, 4) is 0 Å². The van der Waals surface area contributed by atoms with Crippen molar-refractivity contribution in [3.05, 3.63) is 17.8 Å². The van der Waals surface area contributed by atoms with Crippen molar-refractivity contribution < 1.29 is 0 Å². The van der Waals surface area contributed by atoms with Crippen molar-refractivity contribution in [1.29, 1.82) is 0 Å². The standard InChI is InChI=1S/C10H15N3/c1-7-6-12-10(5-9(7)11)13(2)8-3-4-8/h5-6,8H,3-4H2,1-2H3,(H2,11,12). The third-order valence-corrected chi connectivity index (χ3v) is 2.59. The minimum absolute atomic E-state index is 0.689. The van der Waals surface area contributed by atoms with E-state index >= 15 is 0 Å². The quantitative estimate of drug-likeness (QED) is 0.745. The van der Waals surface area contributed by atoms with Gasteiger partial charge in [0.15, 0.2) is 0 Å². The van der Waals surface area contributed by atoms with E-state index in [1.807, 2.05) is 19.2 Å². The lowest BCUT2D eigenvalue weighted by molar-refractivity contribution is 0.891. The van der Waals surface area contributed by atoms with Crippen LogP contribution in [-0.2, 0) is 0 Å². The topological polar surface area (TPSA) is 42.2 Å². The zero-order valence-corrected chi connectivity index (χ0v) is 8.12. The molecule has 70 valence electrons. The molecule has 1 heterocycles. The average Bonchev–Trinajstić information content (AvgIpc) is 2.91. The van der Waals surface area contributed by atoms with E-state index in [0.717, 1.165) is 17.1 Å². The van der Waals surface area contributed by atoms with Crippen molar-refractivity contribution in [2.45, 2.75) is 25.8 Å². The van der Waals surface area contributed by atoms with Gasteiger partial charge in [-0.05, 0) is 25.3 Å². The fourth-order valence-corrected chi connectivity index (χ4v) is 1.37. The Balaban J connectivity index is 2.24. The lowest BCUT2D eigenvalue weighted by Crippen LogP contribution is -2.20. The van der Waals surface area contributed by atoms with Crippen molar-refractivity contribution >= 4 is 11.5 Å². The number of aryl methyl sites for hydroxylation is 1. The van der Waals surface area contributed by atoms with E-state index in [9.17, 15) is 0 Å². The van der Waals surface area contributed by atoms with E-state index in [4.69, 9.17) is 5.73 Å². The normalized spacial score (nSPS) is 15.8. The van der Waals surface area contributed by atoms with Crippen LogP contribution in [0.5, 0.6) is 0 Å². The molecule has 1 aromatic heterocycles. The molecule has 0 bridgehead atoms. The third kappa shape index (κ3) is 1.59. The zero-order chi connectivity index (χ0) is 9.42. The van der Waals surface area contributed by atoms with Gasteiger partial charge in [0.2, 0.25) is 0 Å². The molecule has 13 heavy (non-hydrogen) atoms. The van der Waals surface area contributed by atoms with E-state index in [1.54, 1.807) is 0 Å². The number of rotatable bonds is 2. The van der Waals surface area contributed by atoms with Crippen LogP contribution in [0.25, 0.3) is 0 Å². The Morgan fingerprint density at radius 2 is 2.23 bits per heavy atom. The molecule has 0 spiro atoms. The van der Waals surface area contributed by atoms with Crippen LogP contribution in [0.1, 0.15) is 18.4 Å². The Labute approximate surface area is 78.6 Å². The van der Waals surface area contributed by atoms with Crippen molar-refractivity contribution in [1.82, 2.24) is 4.98 Å². The summed E-state index contributed by atoms with van der Waals surface area (Å²) in [5, 5.41) is 0. The van der Waals surface area contributed by atoms with Crippen LogP contribution >= 0.6 is 0 Å². The molecule has 3 heteroatoms. The number of nitrogens with two attached hydrogens (primary N) is 1. The molecule has 1 fully saturated rings. The molecule has 1 aliphatic carbocycles. The average molecular weight is 177 g/mol. The minimum atomic E-state index is 0.689. The highest BCUT2D eigenvalue weighted by Gasteiger charge is 2.27. The van der Waals surface area contributed by atoms with E-state index < -0.39 is 0 Å². The first kappa shape index (κ1) is 8.35. The number of aromatic nitrogens is 1. The van der Waals surface area contributed by atoms with Crippen LogP contribution < -0.4 is 10.6 Å². The summed E-state index contributed by atoms with van der Waals surface area (Å²) >= 11 is 0. The van der Waals surface area contributed by atoms with Crippen molar-refractivity contribution in [2.24, 2.45) is 0 Å². The molecule has 0 saturated heterocycles. The molecule has 2 rings (SSSR count). The zero-order valence-electron chi connectivity index (χ0n) is 8.12. The number of anilines is 2. The Bertz CT molecular complexity index is 318. The highest BCUT2D eigenvalue weighted by molar-refractivity contribution is 5.55.